The second-order valence-electron chi connectivity index (χ2n) is 7.60. The number of amides is 3. The Hall–Kier alpha value is -4.70. The molecular formula is C26H20N4O3. The minimum atomic E-state index is -0.494. The second-order valence-corrected chi connectivity index (χ2v) is 7.60. The molecule has 7 nitrogen and oxygen atoms in total. The van der Waals surface area contributed by atoms with Crippen LogP contribution in [0.5, 0.6) is 0 Å². The summed E-state index contributed by atoms with van der Waals surface area (Å²) < 4.78 is 0. The Morgan fingerprint density at radius 1 is 0.848 bits per heavy atom. The lowest BCUT2D eigenvalue weighted by Gasteiger charge is -2.15. The summed E-state index contributed by atoms with van der Waals surface area (Å²) >= 11 is 0. The largest absolute Gasteiger partial charge is 0.350 e. The van der Waals surface area contributed by atoms with E-state index >= 15 is 0 Å². The number of hydrogen-bond acceptors (Lipinski definition) is 5. The van der Waals surface area contributed by atoms with E-state index in [-0.39, 0.29) is 17.2 Å². The summed E-state index contributed by atoms with van der Waals surface area (Å²) in [6, 6.07) is 22.5. The van der Waals surface area contributed by atoms with Crippen LogP contribution in [0.1, 0.15) is 23.6 Å². The Labute approximate surface area is 191 Å². The van der Waals surface area contributed by atoms with E-state index in [1.807, 2.05) is 25.1 Å². The Bertz CT molecular complexity index is 1320. The first-order valence-electron chi connectivity index (χ1n) is 10.2. The van der Waals surface area contributed by atoms with Crippen LogP contribution in [0.3, 0.4) is 0 Å². The van der Waals surface area contributed by atoms with Crippen molar-refractivity contribution >= 4 is 40.4 Å². The average molecular weight is 436 g/mol. The summed E-state index contributed by atoms with van der Waals surface area (Å²) in [4.78, 5) is 39.2. The Kier molecular flexibility index (Phi) is 5.75. The Morgan fingerprint density at radius 2 is 1.45 bits per heavy atom. The summed E-state index contributed by atoms with van der Waals surface area (Å²) in [5.41, 5.74) is 4.08. The van der Waals surface area contributed by atoms with Gasteiger partial charge < -0.3 is 10.6 Å². The lowest BCUT2D eigenvalue weighted by Crippen LogP contribution is -2.32. The van der Waals surface area contributed by atoms with Crippen molar-refractivity contribution < 1.29 is 14.4 Å². The first-order chi connectivity index (χ1) is 15.9. The molecule has 0 fully saturated rings. The van der Waals surface area contributed by atoms with Gasteiger partial charge >= 0.3 is 0 Å². The molecule has 1 aliphatic rings. The van der Waals surface area contributed by atoms with E-state index in [1.54, 1.807) is 60.7 Å². The summed E-state index contributed by atoms with van der Waals surface area (Å²) in [7, 11) is 0. The maximum atomic E-state index is 13.4. The highest BCUT2D eigenvalue weighted by Crippen LogP contribution is 2.34. The summed E-state index contributed by atoms with van der Waals surface area (Å²) in [6.45, 7) is 3.37. The number of imide groups is 1. The van der Waals surface area contributed by atoms with Crippen molar-refractivity contribution in [2.45, 2.75) is 13.8 Å². The minimum Gasteiger partial charge on any atom is -0.350 e. The van der Waals surface area contributed by atoms with Gasteiger partial charge in [-0.05, 0) is 61.0 Å². The highest BCUT2D eigenvalue weighted by molar-refractivity contribution is 6.46. The van der Waals surface area contributed by atoms with E-state index < -0.39 is 11.8 Å². The molecule has 0 unspecified atom stereocenters. The number of nitrogens with zero attached hydrogens (tertiary/aromatic N) is 2. The Morgan fingerprint density at radius 3 is 2.03 bits per heavy atom. The molecular weight excluding hydrogens is 416 g/mol. The summed E-state index contributed by atoms with van der Waals surface area (Å²) in [5.74, 6) is -1.13. The molecule has 33 heavy (non-hydrogen) atoms. The number of benzene rings is 3. The van der Waals surface area contributed by atoms with Crippen LogP contribution < -0.4 is 15.5 Å². The highest BCUT2D eigenvalue weighted by Gasteiger charge is 2.40. The topological polar surface area (TPSA) is 102 Å². The molecule has 0 spiro atoms. The molecule has 162 valence electrons. The molecule has 1 heterocycles. The quantitative estimate of drug-likeness (QED) is 0.583. The third-order valence-corrected chi connectivity index (χ3v) is 5.15. The van der Waals surface area contributed by atoms with E-state index in [2.05, 4.69) is 10.6 Å². The predicted molar refractivity (Wildman–Crippen MR) is 126 cm³/mol. The number of nitrogens with one attached hydrogen (secondary N) is 2. The zero-order chi connectivity index (χ0) is 23.5. The molecule has 3 aromatic rings. The standard InChI is InChI=1S/C26H20N4O3/c1-16-3-7-19(8-4-16)23-24(29-21-11-9-20(10-12-21)28-17(2)31)26(33)30(25(23)32)22-13-5-18(15-27)6-14-22/h3-14,29H,1-2H3,(H,28,31). The number of carbonyl (C=O) groups excluding carboxylic acids is 3. The van der Waals surface area contributed by atoms with Crippen molar-refractivity contribution in [3.05, 3.63) is 95.2 Å². The van der Waals surface area contributed by atoms with Crippen LogP contribution in [-0.4, -0.2) is 17.7 Å². The second kappa shape index (κ2) is 8.81. The van der Waals surface area contributed by atoms with Gasteiger partial charge in [0.1, 0.15) is 5.70 Å². The molecule has 3 aromatic carbocycles. The van der Waals surface area contributed by atoms with Crippen LogP contribution in [0.25, 0.3) is 5.57 Å². The molecule has 0 radical (unpaired) electrons. The van der Waals surface area contributed by atoms with Gasteiger partial charge in [-0.25, -0.2) is 4.90 Å². The lowest BCUT2D eigenvalue weighted by molar-refractivity contribution is -0.120. The molecule has 4 rings (SSSR count). The van der Waals surface area contributed by atoms with Crippen molar-refractivity contribution in [1.29, 1.82) is 5.26 Å². The van der Waals surface area contributed by atoms with E-state index in [0.29, 0.717) is 28.2 Å². The molecule has 3 amide bonds. The first-order valence-corrected chi connectivity index (χ1v) is 10.2. The average Bonchev–Trinajstić information content (AvgIpc) is 3.05. The van der Waals surface area contributed by atoms with Crippen molar-refractivity contribution in [1.82, 2.24) is 0 Å². The van der Waals surface area contributed by atoms with Gasteiger partial charge in [-0.2, -0.15) is 5.26 Å². The van der Waals surface area contributed by atoms with Gasteiger partial charge in [0.05, 0.1) is 22.9 Å². The normalized spacial score (nSPS) is 13.2. The summed E-state index contributed by atoms with van der Waals surface area (Å²) in [5, 5.41) is 14.8. The van der Waals surface area contributed by atoms with Crippen LogP contribution in [0.15, 0.2) is 78.5 Å². The van der Waals surface area contributed by atoms with Crippen LogP contribution in [0.4, 0.5) is 17.1 Å². The zero-order valence-corrected chi connectivity index (χ0v) is 18.0. The van der Waals surface area contributed by atoms with Crippen molar-refractivity contribution in [2.24, 2.45) is 0 Å². The lowest BCUT2D eigenvalue weighted by atomic mass is 10.0. The van der Waals surface area contributed by atoms with E-state index in [0.717, 1.165) is 10.5 Å². The van der Waals surface area contributed by atoms with Crippen LogP contribution in [0.2, 0.25) is 0 Å². The van der Waals surface area contributed by atoms with Crippen molar-refractivity contribution in [3.8, 4) is 6.07 Å². The van der Waals surface area contributed by atoms with Gasteiger partial charge in [0.25, 0.3) is 11.8 Å². The zero-order valence-electron chi connectivity index (χ0n) is 18.0. The fourth-order valence-electron chi connectivity index (χ4n) is 3.54. The first kappa shape index (κ1) is 21.5. The van der Waals surface area contributed by atoms with Crippen LogP contribution in [-0.2, 0) is 14.4 Å². The van der Waals surface area contributed by atoms with Crippen LogP contribution in [0, 0.1) is 18.3 Å². The highest BCUT2D eigenvalue weighted by atomic mass is 16.2. The Balaban J connectivity index is 1.74. The monoisotopic (exact) mass is 436 g/mol. The predicted octanol–water partition coefficient (Wildman–Crippen LogP) is 4.22. The molecule has 0 aromatic heterocycles. The van der Waals surface area contributed by atoms with Crippen molar-refractivity contribution in [3.63, 3.8) is 0 Å². The van der Waals surface area contributed by atoms with Gasteiger partial charge in [-0.15, -0.1) is 0 Å². The minimum absolute atomic E-state index is 0.153. The summed E-state index contributed by atoms with van der Waals surface area (Å²) in [6.07, 6.45) is 0. The molecule has 1 aliphatic heterocycles. The molecule has 7 heteroatoms. The van der Waals surface area contributed by atoms with E-state index in [4.69, 9.17) is 5.26 Å². The number of nitriles is 1. The van der Waals surface area contributed by atoms with Crippen molar-refractivity contribution in [2.75, 3.05) is 15.5 Å². The SMILES string of the molecule is CC(=O)Nc1ccc(NC2=C(c3ccc(C)cc3)C(=O)N(c3ccc(C#N)cc3)C2=O)cc1. The third-order valence-electron chi connectivity index (χ3n) is 5.15. The number of aryl methyl sites for hydroxylation is 1. The van der Waals surface area contributed by atoms with Gasteiger partial charge in [-0.3, -0.25) is 14.4 Å². The molecule has 0 atom stereocenters. The van der Waals surface area contributed by atoms with Gasteiger partial charge in [-0.1, -0.05) is 29.8 Å². The van der Waals surface area contributed by atoms with Gasteiger partial charge in [0, 0.05) is 18.3 Å². The number of anilines is 3. The van der Waals surface area contributed by atoms with E-state index in [9.17, 15) is 14.4 Å². The van der Waals surface area contributed by atoms with Gasteiger partial charge in [0.2, 0.25) is 5.91 Å². The van der Waals surface area contributed by atoms with Gasteiger partial charge in [0.15, 0.2) is 0 Å². The molecule has 0 aliphatic carbocycles. The number of rotatable bonds is 5. The fourth-order valence-corrected chi connectivity index (χ4v) is 3.54. The third kappa shape index (κ3) is 4.36. The fraction of sp³-hybridized carbons (Fsp3) is 0.0769. The van der Waals surface area contributed by atoms with Crippen LogP contribution >= 0.6 is 0 Å². The molecule has 0 saturated carbocycles. The molecule has 2 N–H and O–H groups in total. The molecule has 0 bridgehead atoms. The maximum absolute atomic E-state index is 13.4. The van der Waals surface area contributed by atoms with E-state index in [1.165, 1.54) is 6.92 Å². The number of carbonyl (C=O) groups is 3. The number of hydrogen-bond donors (Lipinski definition) is 2. The molecule has 0 saturated heterocycles. The smallest absolute Gasteiger partial charge is 0.282 e. The maximum Gasteiger partial charge on any atom is 0.282 e.